The van der Waals surface area contributed by atoms with E-state index in [4.69, 9.17) is 4.74 Å². The SMILES string of the molecule is CCOc1ccc(N2C(=O)CC[C@@]2(C)C(=O)NC2CCCC2)cc1. The Balaban J connectivity index is 1.80. The normalized spacial score (nSPS) is 24.4. The van der Waals surface area contributed by atoms with Crippen LogP contribution in [-0.2, 0) is 9.59 Å². The molecule has 0 bridgehead atoms. The first-order valence-electron chi connectivity index (χ1n) is 8.91. The number of nitrogens with zero attached hydrogens (tertiary/aromatic N) is 1. The second-order valence-corrected chi connectivity index (χ2v) is 6.88. The summed E-state index contributed by atoms with van der Waals surface area (Å²) in [5.74, 6) is 0.738. The highest BCUT2D eigenvalue weighted by Gasteiger charge is 2.48. The fourth-order valence-corrected chi connectivity index (χ4v) is 3.76. The van der Waals surface area contributed by atoms with E-state index in [1.54, 1.807) is 4.90 Å². The van der Waals surface area contributed by atoms with Gasteiger partial charge in [-0.05, 0) is 57.4 Å². The van der Waals surface area contributed by atoms with Gasteiger partial charge in [-0.15, -0.1) is 0 Å². The monoisotopic (exact) mass is 330 g/mol. The predicted molar refractivity (Wildman–Crippen MR) is 93.1 cm³/mol. The van der Waals surface area contributed by atoms with E-state index in [-0.39, 0.29) is 17.9 Å². The molecule has 3 rings (SSSR count). The largest absolute Gasteiger partial charge is 0.494 e. The molecule has 1 aromatic rings. The first kappa shape index (κ1) is 16.8. The average Bonchev–Trinajstić information content (AvgIpc) is 3.18. The molecule has 0 unspecified atom stereocenters. The quantitative estimate of drug-likeness (QED) is 0.903. The van der Waals surface area contributed by atoms with Gasteiger partial charge in [-0.1, -0.05) is 12.8 Å². The molecule has 1 aromatic carbocycles. The fraction of sp³-hybridized carbons (Fsp3) is 0.579. The van der Waals surface area contributed by atoms with E-state index in [1.165, 1.54) is 12.8 Å². The third kappa shape index (κ3) is 3.12. The van der Waals surface area contributed by atoms with E-state index in [0.717, 1.165) is 24.3 Å². The van der Waals surface area contributed by atoms with Crippen LogP contribution >= 0.6 is 0 Å². The smallest absolute Gasteiger partial charge is 0.246 e. The van der Waals surface area contributed by atoms with Crippen LogP contribution in [0.4, 0.5) is 5.69 Å². The average molecular weight is 330 g/mol. The molecule has 0 spiro atoms. The summed E-state index contributed by atoms with van der Waals surface area (Å²) in [5.41, 5.74) is -0.0580. The van der Waals surface area contributed by atoms with Gasteiger partial charge in [-0.2, -0.15) is 0 Å². The van der Waals surface area contributed by atoms with Gasteiger partial charge in [0.05, 0.1) is 6.61 Å². The third-order valence-corrected chi connectivity index (χ3v) is 5.15. The summed E-state index contributed by atoms with van der Waals surface area (Å²) in [6, 6.07) is 7.66. The van der Waals surface area contributed by atoms with Gasteiger partial charge < -0.3 is 10.1 Å². The lowest BCUT2D eigenvalue weighted by atomic mass is 9.96. The Kier molecular flexibility index (Phi) is 4.78. The summed E-state index contributed by atoms with van der Waals surface area (Å²) < 4.78 is 5.46. The Hall–Kier alpha value is -2.04. The number of amides is 2. The van der Waals surface area contributed by atoms with Gasteiger partial charge in [0.1, 0.15) is 11.3 Å². The van der Waals surface area contributed by atoms with E-state index >= 15 is 0 Å². The highest BCUT2D eigenvalue weighted by Crippen LogP contribution is 2.36. The van der Waals surface area contributed by atoms with Crippen LogP contribution in [0.3, 0.4) is 0 Å². The lowest BCUT2D eigenvalue weighted by Crippen LogP contribution is -2.56. The minimum Gasteiger partial charge on any atom is -0.494 e. The van der Waals surface area contributed by atoms with Crippen LogP contribution < -0.4 is 15.0 Å². The molecule has 2 fully saturated rings. The Morgan fingerprint density at radius 3 is 2.58 bits per heavy atom. The number of nitrogens with one attached hydrogen (secondary N) is 1. The molecule has 2 aliphatic rings. The van der Waals surface area contributed by atoms with Crippen LogP contribution in [0.15, 0.2) is 24.3 Å². The molecule has 24 heavy (non-hydrogen) atoms. The van der Waals surface area contributed by atoms with Gasteiger partial charge in [0.2, 0.25) is 11.8 Å². The van der Waals surface area contributed by atoms with E-state index in [0.29, 0.717) is 19.4 Å². The molecule has 5 nitrogen and oxygen atoms in total. The van der Waals surface area contributed by atoms with E-state index < -0.39 is 5.54 Å². The minimum absolute atomic E-state index is 0.00299. The van der Waals surface area contributed by atoms with E-state index in [9.17, 15) is 9.59 Å². The summed E-state index contributed by atoms with van der Waals surface area (Å²) in [5, 5.41) is 3.16. The topological polar surface area (TPSA) is 58.6 Å². The van der Waals surface area contributed by atoms with Crippen molar-refractivity contribution in [3.63, 3.8) is 0 Å². The maximum absolute atomic E-state index is 12.9. The standard InChI is InChI=1S/C19H26N2O3/c1-3-24-16-10-8-15(9-11-16)21-17(22)12-13-19(21,2)18(23)20-14-6-4-5-7-14/h8-11,14H,3-7,12-13H2,1-2H3,(H,20,23)/t19-/m0/s1. The molecule has 1 heterocycles. The molecule has 2 amide bonds. The van der Waals surface area contributed by atoms with Crippen LogP contribution in [0.2, 0.25) is 0 Å². The molecular weight excluding hydrogens is 304 g/mol. The van der Waals surface area contributed by atoms with Gasteiger partial charge in [0.25, 0.3) is 0 Å². The molecule has 1 aliphatic heterocycles. The number of hydrogen-bond acceptors (Lipinski definition) is 3. The first-order valence-corrected chi connectivity index (χ1v) is 8.91. The Labute approximate surface area is 143 Å². The molecular formula is C19H26N2O3. The summed E-state index contributed by atoms with van der Waals surface area (Å²) in [7, 11) is 0. The zero-order valence-corrected chi connectivity index (χ0v) is 14.5. The van der Waals surface area contributed by atoms with Crippen molar-refractivity contribution >= 4 is 17.5 Å². The highest BCUT2D eigenvalue weighted by atomic mass is 16.5. The lowest BCUT2D eigenvalue weighted by molar-refractivity contribution is -0.127. The minimum atomic E-state index is -0.813. The fourth-order valence-electron chi connectivity index (χ4n) is 3.76. The van der Waals surface area contributed by atoms with Crippen molar-refractivity contribution in [2.75, 3.05) is 11.5 Å². The van der Waals surface area contributed by atoms with Crippen molar-refractivity contribution in [3.8, 4) is 5.75 Å². The molecule has 1 atom stereocenters. The maximum atomic E-state index is 12.9. The van der Waals surface area contributed by atoms with Crippen molar-refractivity contribution in [2.24, 2.45) is 0 Å². The van der Waals surface area contributed by atoms with Gasteiger partial charge in [-0.25, -0.2) is 0 Å². The number of ether oxygens (including phenoxy) is 1. The number of benzene rings is 1. The van der Waals surface area contributed by atoms with Gasteiger partial charge in [0.15, 0.2) is 0 Å². The van der Waals surface area contributed by atoms with Gasteiger partial charge in [-0.3, -0.25) is 14.5 Å². The van der Waals surface area contributed by atoms with Crippen molar-refractivity contribution < 1.29 is 14.3 Å². The molecule has 130 valence electrons. The molecule has 1 saturated carbocycles. The Morgan fingerprint density at radius 2 is 1.96 bits per heavy atom. The Morgan fingerprint density at radius 1 is 1.29 bits per heavy atom. The second-order valence-electron chi connectivity index (χ2n) is 6.88. The number of carbonyl (C=O) groups excluding carboxylic acids is 2. The molecule has 1 N–H and O–H groups in total. The first-order chi connectivity index (χ1) is 11.5. The van der Waals surface area contributed by atoms with Crippen LogP contribution in [0.1, 0.15) is 52.4 Å². The summed E-state index contributed by atoms with van der Waals surface area (Å²) in [6.45, 7) is 4.41. The summed E-state index contributed by atoms with van der Waals surface area (Å²) in [4.78, 5) is 27.0. The van der Waals surface area contributed by atoms with E-state index in [2.05, 4.69) is 5.32 Å². The number of hydrogen-bond donors (Lipinski definition) is 1. The molecule has 0 radical (unpaired) electrons. The zero-order valence-electron chi connectivity index (χ0n) is 14.5. The van der Waals surface area contributed by atoms with Gasteiger partial charge in [0, 0.05) is 18.2 Å². The van der Waals surface area contributed by atoms with Gasteiger partial charge >= 0.3 is 0 Å². The van der Waals surface area contributed by atoms with Crippen LogP contribution in [0.5, 0.6) is 5.75 Å². The molecule has 1 aliphatic carbocycles. The Bertz CT molecular complexity index is 608. The van der Waals surface area contributed by atoms with Crippen molar-refractivity contribution in [2.45, 2.75) is 64.0 Å². The van der Waals surface area contributed by atoms with E-state index in [1.807, 2.05) is 38.1 Å². The third-order valence-electron chi connectivity index (χ3n) is 5.15. The maximum Gasteiger partial charge on any atom is 0.246 e. The van der Waals surface area contributed by atoms with Crippen LogP contribution in [0.25, 0.3) is 0 Å². The number of anilines is 1. The lowest BCUT2D eigenvalue weighted by Gasteiger charge is -2.35. The van der Waals surface area contributed by atoms with Crippen molar-refractivity contribution in [1.29, 1.82) is 0 Å². The number of rotatable bonds is 5. The van der Waals surface area contributed by atoms with Crippen molar-refractivity contribution in [1.82, 2.24) is 5.32 Å². The van der Waals surface area contributed by atoms with Crippen LogP contribution in [0, 0.1) is 0 Å². The van der Waals surface area contributed by atoms with Crippen LogP contribution in [-0.4, -0.2) is 30.0 Å². The summed E-state index contributed by atoms with van der Waals surface area (Å²) >= 11 is 0. The number of carbonyl (C=O) groups is 2. The predicted octanol–water partition coefficient (Wildman–Crippen LogP) is 3.03. The zero-order chi connectivity index (χ0) is 17.2. The highest BCUT2D eigenvalue weighted by molar-refractivity contribution is 6.06. The molecule has 1 saturated heterocycles. The summed E-state index contributed by atoms with van der Waals surface area (Å²) in [6.07, 6.45) is 5.38. The second kappa shape index (κ2) is 6.83. The molecule has 0 aromatic heterocycles. The molecule has 5 heteroatoms. The van der Waals surface area contributed by atoms with Crippen molar-refractivity contribution in [3.05, 3.63) is 24.3 Å².